The summed E-state index contributed by atoms with van der Waals surface area (Å²) in [6.07, 6.45) is 3.67. The lowest BCUT2D eigenvalue weighted by Crippen LogP contribution is -2.40. The Balaban J connectivity index is 1.26. The fraction of sp³-hybridized carbons (Fsp3) is 0.250. The van der Waals surface area contributed by atoms with Crippen LogP contribution in [0.3, 0.4) is 0 Å². The second-order valence-electron chi connectivity index (χ2n) is 11.7. The van der Waals surface area contributed by atoms with Gasteiger partial charge in [-0.25, -0.2) is 0 Å². The molecule has 0 radical (unpaired) electrons. The van der Waals surface area contributed by atoms with Gasteiger partial charge in [-0.1, -0.05) is 53.5 Å². The minimum absolute atomic E-state index is 0.0239. The molecule has 8 heteroatoms. The number of halogens is 2. The van der Waals surface area contributed by atoms with Crippen molar-refractivity contribution >= 4 is 46.4 Å². The summed E-state index contributed by atoms with van der Waals surface area (Å²) in [6.45, 7) is 1.12. The molecule has 1 heterocycles. The number of primary amides is 1. The molecule has 1 aliphatic carbocycles. The van der Waals surface area contributed by atoms with Crippen molar-refractivity contribution in [1.29, 1.82) is 5.41 Å². The van der Waals surface area contributed by atoms with Crippen LogP contribution in [-0.2, 0) is 0 Å². The first-order chi connectivity index (χ1) is 21.3. The Morgan fingerprint density at radius 3 is 1.80 bits per heavy atom. The average Bonchev–Trinajstić information content (AvgIpc) is 3.87. The summed E-state index contributed by atoms with van der Waals surface area (Å²) in [5.74, 6) is -0.629. The Hall–Kier alpha value is -4.13. The Morgan fingerprint density at radius 2 is 1.27 bits per heavy atom. The summed E-state index contributed by atoms with van der Waals surface area (Å²) in [5.41, 5.74) is 12.0. The molecule has 6 nitrogen and oxygen atoms in total. The van der Waals surface area contributed by atoms with Crippen LogP contribution < -0.4 is 11.1 Å². The maximum absolute atomic E-state index is 13.2. The van der Waals surface area contributed by atoms with Crippen LogP contribution in [0.25, 0.3) is 0 Å². The Bertz CT molecular complexity index is 1630. The van der Waals surface area contributed by atoms with E-state index in [2.05, 4.69) is 47.8 Å². The molecule has 0 aromatic heterocycles. The smallest absolute Gasteiger partial charge is 0.253 e. The first-order valence-corrected chi connectivity index (χ1v) is 15.7. The highest BCUT2D eigenvalue weighted by molar-refractivity contribution is 6.30. The van der Waals surface area contributed by atoms with Gasteiger partial charge >= 0.3 is 0 Å². The van der Waals surface area contributed by atoms with E-state index in [-0.39, 0.29) is 17.7 Å². The highest BCUT2D eigenvalue weighted by atomic mass is 35.5. The number of hydrogen-bond donors (Lipinski definition) is 3. The number of rotatable bonds is 9. The van der Waals surface area contributed by atoms with E-state index in [0.29, 0.717) is 58.9 Å². The molecule has 6 rings (SSSR count). The molecule has 224 valence electrons. The number of amides is 2. The molecule has 0 atom stereocenters. The lowest BCUT2D eigenvalue weighted by atomic mass is 9.82. The molecule has 4 aromatic carbocycles. The molecule has 4 aromatic rings. The third-order valence-corrected chi connectivity index (χ3v) is 9.12. The van der Waals surface area contributed by atoms with Crippen LogP contribution in [0.2, 0.25) is 10.0 Å². The number of carbonyl (C=O) groups is 2. The second-order valence-corrected chi connectivity index (χ2v) is 12.6. The van der Waals surface area contributed by atoms with E-state index in [4.69, 9.17) is 28.9 Å². The summed E-state index contributed by atoms with van der Waals surface area (Å²) in [5, 5.41) is 14.4. The van der Waals surface area contributed by atoms with E-state index in [0.717, 1.165) is 40.8 Å². The summed E-state index contributed by atoms with van der Waals surface area (Å²) >= 11 is 12.5. The number of nitrogens with one attached hydrogen (secondary N) is 2. The highest BCUT2D eigenvalue weighted by Gasteiger charge is 2.30. The number of nitrogens with two attached hydrogens (primary N) is 1. The maximum atomic E-state index is 13.2. The molecule has 2 aliphatic rings. The number of benzene rings is 4. The van der Waals surface area contributed by atoms with Crippen molar-refractivity contribution in [2.45, 2.75) is 37.6 Å². The van der Waals surface area contributed by atoms with Crippen molar-refractivity contribution in [3.8, 4) is 0 Å². The van der Waals surface area contributed by atoms with E-state index >= 15 is 0 Å². The summed E-state index contributed by atoms with van der Waals surface area (Å²) in [4.78, 5) is 26.4. The standard InChI is InChI=1S/C36H34Cl2N4O2/c37-28-10-5-22(6-11-28)33(23-7-12-29(38)13-8-23)27-9-16-32(41-30-14-15-30)31(21-27)34(39)24-17-19-42(20-18-24)36(44)26-3-1-25(2-4-26)35(40)43/h1-13,16,21,24,30,33,39,41H,14-15,17-20H2,(H2,40,43). The van der Waals surface area contributed by atoms with Gasteiger partial charge in [0, 0.05) is 69.1 Å². The summed E-state index contributed by atoms with van der Waals surface area (Å²) in [6, 6.07) is 29.2. The number of likely N-dealkylation sites (tertiary alicyclic amines) is 1. The van der Waals surface area contributed by atoms with Crippen molar-refractivity contribution < 1.29 is 9.59 Å². The van der Waals surface area contributed by atoms with Gasteiger partial charge < -0.3 is 21.4 Å². The molecule has 0 spiro atoms. The molecule has 1 aliphatic heterocycles. The van der Waals surface area contributed by atoms with E-state index in [1.807, 2.05) is 29.2 Å². The molecule has 0 unspecified atom stereocenters. The zero-order valence-electron chi connectivity index (χ0n) is 24.2. The van der Waals surface area contributed by atoms with E-state index < -0.39 is 5.91 Å². The molecule has 4 N–H and O–H groups in total. The van der Waals surface area contributed by atoms with Gasteiger partial charge in [-0.2, -0.15) is 0 Å². The van der Waals surface area contributed by atoms with Crippen LogP contribution in [-0.4, -0.2) is 41.6 Å². The van der Waals surface area contributed by atoms with Crippen molar-refractivity contribution in [1.82, 2.24) is 4.90 Å². The van der Waals surface area contributed by atoms with Crippen LogP contribution in [0.5, 0.6) is 0 Å². The molecule has 1 saturated carbocycles. The Morgan fingerprint density at radius 1 is 0.750 bits per heavy atom. The summed E-state index contributed by atoms with van der Waals surface area (Å²) < 4.78 is 0. The van der Waals surface area contributed by atoms with Gasteiger partial charge in [0.25, 0.3) is 5.91 Å². The number of nitrogens with zero attached hydrogens (tertiary/aromatic N) is 1. The monoisotopic (exact) mass is 624 g/mol. The molecule has 2 amide bonds. The van der Waals surface area contributed by atoms with Gasteiger partial charge in [0.2, 0.25) is 5.91 Å². The zero-order valence-corrected chi connectivity index (χ0v) is 25.7. The van der Waals surface area contributed by atoms with Crippen LogP contribution in [0, 0.1) is 11.3 Å². The SMILES string of the molecule is N=C(c1cc(C(c2ccc(Cl)cc2)c2ccc(Cl)cc2)ccc1NC1CC1)C1CCN(C(=O)c2ccc(C(N)=O)cc2)CC1. The summed E-state index contributed by atoms with van der Waals surface area (Å²) in [7, 11) is 0. The molecule has 2 fully saturated rings. The molecule has 44 heavy (non-hydrogen) atoms. The fourth-order valence-corrected chi connectivity index (χ4v) is 6.23. The average molecular weight is 626 g/mol. The minimum atomic E-state index is -0.518. The third kappa shape index (κ3) is 6.67. The van der Waals surface area contributed by atoms with E-state index in [1.165, 1.54) is 0 Å². The lowest BCUT2D eigenvalue weighted by Gasteiger charge is -2.33. The normalized spacial score (nSPS) is 15.3. The molecular weight excluding hydrogens is 591 g/mol. The van der Waals surface area contributed by atoms with Crippen LogP contribution in [0.15, 0.2) is 91.0 Å². The topological polar surface area (TPSA) is 99.3 Å². The Kier molecular flexibility index (Phi) is 8.74. The van der Waals surface area contributed by atoms with Gasteiger partial charge in [-0.15, -0.1) is 0 Å². The van der Waals surface area contributed by atoms with E-state index in [9.17, 15) is 15.0 Å². The number of anilines is 1. The van der Waals surface area contributed by atoms with Crippen LogP contribution >= 0.6 is 23.2 Å². The van der Waals surface area contributed by atoms with E-state index in [1.54, 1.807) is 24.3 Å². The van der Waals surface area contributed by atoms with Crippen molar-refractivity contribution in [3.05, 3.63) is 134 Å². The second kappa shape index (κ2) is 12.8. The van der Waals surface area contributed by atoms with Gasteiger partial charge in [0.1, 0.15) is 0 Å². The zero-order chi connectivity index (χ0) is 30.8. The van der Waals surface area contributed by atoms with Gasteiger partial charge in [0.05, 0.1) is 0 Å². The number of piperidine rings is 1. The number of hydrogen-bond acceptors (Lipinski definition) is 4. The molecule has 1 saturated heterocycles. The largest absolute Gasteiger partial charge is 0.382 e. The highest BCUT2D eigenvalue weighted by Crippen LogP contribution is 2.37. The minimum Gasteiger partial charge on any atom is -0.382 e. The lowest BCUT2D eigenvalue weighted by molar-refractivity contribution is 0.0709. The Labute approximate surface area is 267 Å². The van der Waals surface area contributed by atoms with Gasteiger partial charge in [-0.05, 0) is 103 Å². The first-order valence-electron chi connectivity index (χ1n) is 15.0. The van der Waals surface area contributed by atoms with Crippen molar-refractivity contribution in [2.24, 2.45) is 11.7 Å². The van der Waals surface area contributed by atoms with Gasteiger partial charge in [-0.3, -0.25) is 9.59 Å². The van der Waals surface area contributed by atoms with Gasteiger partial charge in [0.15, 0.2) is 0 Å². The third-order valence-electron chi connectivity index (χ3n) is 8.62. The van der Waals surface area contributed by atoms with Crippen molar-refractivity contribution in [3.63, 3.8) is 0 Å². The molecular formula is C36H34Cl2N4O2. The molecule has 0 bridgehead atoms. The van der Waals surface area contributed by atoms with Crippen LogP contribution in [0.4, 0.5) is 5.69 Å². The fourth-order valence-electron chi connectivity index (χ4n) is 5.98. The number of carbonyl (C=O) groups excluding carboxylic acids is 2. The maximum Gasteiger partial charge on any atom is 0.253 e. The van der Waals surface area contributed by atoms with Crippen LogP contribution in [0.1, 0.15) is 74.6 Å². The van der Waals surface area contributed by atoms with Crippen molar-refractivity contribution in [2.75, 3.05) is 18.4 Å². The first kappa shape index (κ1) is 29.9. The predicted molar refractivity (Wildman–Crippen MR) is 177 cm³/mol. The quantitative estimate of drug-likeness (QED) is 0.131. The predicted octanol–water partition coefficient (Wildman–Crippen LogP) is 7.77.